The molecule has 2 unspecified atom stereocenters. The van der Waals surface area contributed by atoms with Gasteiger partial charge in [0.15, 0.2) is 16.4 Å². The van der Waals surface area contributed by atoms with Crippen molar-refractivity contribution in [3.05, 3.63) is 22.2 Å². The van der Waals surface area contributed by atoms with Gasteiger partial charge >= 0.3 is 0 Å². The summed E-state index contributed by atoms with van der Waals surface area (Å²) in [7, 11) is -4.04. The summed E-state index contributed by atoms with van der Waals surface area (Å²) >= 11 is 0. The smallest absolute Gasteiger partial charge is 0.293 e. The summed E-state index contributed by atoms with van der Waals surface area (Å²) in [6.45, 7) is 2.94. The number of nitro benzene ring substituents is 1. The van der Waals surface area contributed by atoms with Crippen LogP contribution in [0.5, 0.6) is 11.5 Å². The maximum Gasteiger partial charge on any atom is 0.293 e. The summed E-state index contributed by atoms with van der Waals surface area (Å²) in [6.07, 6.45) is 1.51. The molecular weight excluding hydrogens is 350 g/mol. The van der Waals surface area contributed by atoms with E-state index in [1.807, 2.05) is 6.92 Å². The molecular formula is C15H21N3O6S. The largest absolute Gasteiger partial charge is 0.486 e. The Labute approximate surface area is 145 Å². The molecule has 0 amide bonds. The van der Waals surface area contributed by atoms with E-state index in [4.69, 9.17) is 15.2 Å². The minimum atomic E-state index is -4.04. The lowest BCUT2D eigenvalue weighted by Crippen LogP contribution is -2.45. The summed E-state index contributed by atoms with van der Waals surface area (Å²) in [5.74, 6) is 0.417. The molecule has 0 bridgehead atoms. The van der Waals surface area contributed by atoms with E-state index < -0.39 is 20.6 Å². The van der Waals surface area contributed by atoms with Crippen molar-refractivity contribution in [3.8, 4) is 11.5 Å². The second-order valence-electron chi connectivity index (χ2n) is 6.35. The van der Waals surface area contributed by atoms with Crippen LogP contribution in [0.3, 0.4) is 0 Å². The van der Waals surface area contributed by atoms with Gasteiger partial charge < -0.3 is 15.2 Å². The highest BCUT2D eigenvalue weighted by Gasteiger charge is 2.37. The zero-order valence-electron chi connectivity index (χ0n) is 13.9. The molecule has 10 heteroatoms. The molecule has 1 aromatic carbocycles. The number of fused-ring (bicyclic) bond motifs is 1. The number of nitro groups is 1. The van der Waals surface area contributed by atoms with Crippen LogP contribution in [0.1, 0.15) is 19.8 Å². The molecule has 2 aliphatic heterocycles. The summed E-state index contributed by atoms with van der Waals surface area (Å²) in [6, 6.07) is 2.17. The average Bonchev–Trinajstić information content (AvgIpc) is 2.60. The predicted octanol–water partition coefficient (Wildman–Crippen LogP) is 1.11. The molecule has 2 aliphatic rings. The van der Waals surface area contributed by atoms with Crippen molar-refractivity contribution in [2.45, 2.75) is 30.7 Å². The van der Waals surface area contributed by atoms with Crippen LogP contribution >= 0.6 is 0 Å². The van der Waals surface area contributed by atoms with Gasteiger partial charge in [0.1, 0.15) is 13.2 Å². The third kappa shape index (κ3) is 3.42. The van der Waals surface area contributed by atoms with E-state index in [-0.39, 0.29) is 48.1 Å². The number of rotatable bonds is 4. The fraction of sp³-hybridized carbons (Fsp3) is 0.600. The summed E-state index contributed by atoms with van der Waals surface area (Å²) < 4.78 is 38.1. The van der Waals surface area contributed by atoms with Crippen LogP contribution in [0, 0.1) is 16.0 Å². The van der Waals surface area contributed by atoms with E-state index in [2.05, 4.69) is 0 Å². The standard InChI is InChI=1S/C15H21N3O6S/c1-10(16)11-3-2-4-17(9-11)25(21,22)15-8-14-13(23-5-6-24-14)7-12(15)18(19)20/h7-8,10-11H,2-6,9,16H2,1H3. The van der Waals surface area contributed by atoms with Crippen LogP contribution in [0.15, 0.2) is 17.0 Å². The molecule has 2 heterocycles. The SMILES string of the molecule is CC(N)C1CCCN(S(=O)(=O)c2cc3c(cc2[N+](=O)[O-])OCCO3)C1. The monoisotopic (exact) mass is 371 g/mol. The van der Waals surface area contributed by atoms with Gasteiger partial charge in [-0.15, -0.1) is 0 Å². The second kappa shape index (κ2) is 6.77. The van der Waals surface area contributed by atoms with Gasteiger partial charge in [0.2, 0.25) is 10.0 Å². The molecule has 2 N–H and O–H groups in total. The van der Waals surface area contributed by atoms with E-state index in [0.717, 1.165) is 12.5 Å². The Bertz CT molecular complexity index is 780. The average molecular weight is 371 g/mol. The first-order chi connectivity index (χ1) is 11.8. The zero-order chi connectivity index (χ0) is 18.2. The van der Waals surface area contributed by atoms with Gasteiger partial charge in [-0.05, 0) is 25.7 Å². The Hall–Kier alpha value is -1.91. The number of nitrogens with zero attached hydrogens (tertiary/aromatic N) is 2. The number of hydrogen-bond donors (Lipinski definition) is 1. The van der Waals surface area contributed by atoms with Gasteiger partial charge in [-0.25, -0.2) is 8.42 Å². The van der Waals surface area contributed by atoms with Gasteiger partial charge in [0.05, 0.1) is 11.0 Å². The quantitative estimate of drug-likeness (QED) is 0.621. The number of sulfonamides is 1. The van der Waals surface area contributed by atoms with E-state index in [9.17, 15) is 18.5 Å². The fourth-order valence-electron chi connectivity index (χ4n) is 3.17. The Balaban J connectivity index is 2.02. The molecule has 138 valence electrons. The fourth-order valence-corrected chi connectivity index (χ4v) is 4.86. The number of nitrogens with two attached hydrogens (primary N) is 1. The van der Waals surface area contributed by atoms with Crippen LogP contribution in [-0.2, 0) is 10.0 Å². The molecule has 1 fully saturated rings. The predicted molar refractivity (Wildman–Crippen MR) is 89.2 cm³/mol. The molecule has 1 saturated heterocycles. The Kier molecular flexibility index (Phi) is 4.85. The number of ether oxygens (including phenoxy) is 2. The van der Waals surface area contributed by atoms with Crippen molar-refractivity contribution in [3.63, 3.8) is 0 Å². The molecule has 25 heavy (non-hydrogen) atoms. The molecule has 1 aromatic rings. The summed E-state index contributed by atoms with van der Waals surface area (Å²) in [5.41, 5.74) is 5.41. The van der Waals surface area contributed by atoms with Crippen LogP contribution in [-0.4, -0.2) is 50.0 Å². The van der Waals surface area contributed by atoms with Crippen molar-refractivity contribution < 1.29 is 22.8 Å². The van der Waals surface area contributed by atoms with Crippen molar-refractivity contribution >= 4 is 15.7 Å². The van der Waals surface area contributed by atoms with Crippen LogP contribution in [0.25, 0.3) is 0 Å². The Morgan fingerprint density at radius 2 is 1.96 bits per heavy atom. The first-order valence-corrected chi connectivity index (χ1v) is 9.58. The third-order valence-electron chi connectivity index (χ3n) is 4.60. The van der Waals surface area contributed by atoms with Crippen molar-refractivity contribution in [2.24, 2.45) is 11.7 Å². The third-order valence-corrected chi connectivity index (χ3v) is 6.50. The molecule has 0 aromatic heterocycles. The Morgan fingerprint density at radius 1 is 1.32 bits per heavy atom. The lowest BCUT2D eigenvalue weighted by molar-refractivity contribution is -0.388. The van der Waals surface area contributed by atoms with Gasteiger partial charge in [-0.3, -0.25) is 10.1 Å². The minimum Gasteiger partial charge on any atom is -0.486 e. The van der Waals surface area contributed by atoms with Crippen LogP contribution in [0.4, 0.5) is 5.69 Å². The maximum atomic E-state index is 13.1. The molecule has 3 rings (SSSR count). The van der Waals surface area contributed by atoms with Crippen LogP contribution < -0.4 is 15.2 Å². The topological polar surface area (TPSA) is 125 Å². The lowest BCUT2D eigenvalue weighted by atomic mass is 9.93. The molecule has 0 spiro atoms. The van der Waals surface area contributed by atoms with Gasteiger partial charge in [0.25, 0.3) is 5.69 Å². The van der Waals surface area contributed by atoms with E-state index in [0.29, 0.717) is 13.0 Å². The maximum absolute atomic E-state index is 13.1. The van der Waals surface area contributed by atoms with Crippen molar-refractivity contribution in [1.82, 2.24) is 4.31 Å². The first kappa shape index (κ1) is 17.9. The van der Waals surface area contributed by atoms with E-state index in [1.54, 1.807) is 0 Å². The molecule has 0 saturated carbocycles. The van der Waals surface area contributed by atoms with Crippen molar-refractivity contribution in [1.29, 1.82) is 0 Å². The van der Waals surface area contributed by atoms with Crippen LogP contribution in [0.2, 0.25) is 0 Å². The number of hydrogen-bond acceptors (Lipinski definition) is 7. The molecule has 2 atom stereocenters. The van der Waals surface area contributed by atoms with Gasteiger partial charge in [-0.2, -0.15) is 4.31 Å². The highest BCUT2D eigenvalue weighted by molar-refractivity contribution is 7.89. The highest BCUT2D eigenvalue weighted by atomic mass is 32.2. The molecule has 0 aliphatic carbocycles. The number of benzene rings is 1. The lowest BCUT2D eigenvalue weighted by Gasteiger charge is -2.33. The van der Waals surface area contributed by atoms with Crippen molar-refractivity contribution in [2.75, 3.05) is 26.3 Å². The second-order valence-corrected chi connectivity index (χ2v) is 8.25. The molecule has 9 nitrogen and oxygen atoms in total. The minimum absolute atomic E-state index is 0.0276. The normalized spacial score (nSPS) is 22.4. The summed E-state index contributed by atoms with van der Waals surface area (Å²) in [5, 5.41) is 11.4. The molecule has 0 radical (unpaired) electrons. The van der Waals surface area contributed by atoms with Gasteiger partial charge in [-0.1, -0.05) is 0 Å². The van der Waals surface area contributed by atoms with Gasteiger partial charge in [0, 0.05) is 25.2 Å². The number of piperidine rings is 1. The zero-order valence-corrected chi connectivity index (χ0v) is 14.7. The van der Waals surface area contributed by atoms with E-state index >= 15 is 0 Å². The Morgan fingerprint density at radius 3 is 2.56 bits per heavy atom. The first-order valence-electron chi connectivity index (χ1n) is 8.14. The van der Waals surface area contributed by atoms with E-state index in [1.165, 1.54) is 10.4 Å². The summed E-state index contributed by atoms with van der Waals surface area (Å²) in [4.78, 5) is 10.3. The highest BCUT2D eigenvalue weighted by Crippen LogP contribution is 2.40.